The molecule has 4 aromatic rings. The Kier molecular flexibility index (Phi) is 6.77. The fourth-order valence-corrected chi connectivity index (χ4v) is 3.62. The van der Waals surface area contributed by atoms with Crippen molar-refractivity contribution in [2.24, 2.45) is 0 Å². The summed E-state index contributed by atoms with van der Waals surface area (Å²) in [6.07, 6.45) is 3.27. The zero-order chi connectivity index (χ0) is 23.2. The normalized spacial score (nSPS) is 10.5. The van der Waals surface area contributed by atoms with E-state index in [0.717, 1.165) is 16.8 Å². The van der Waals surface area contributed by atoms with Crippen molar-refractivity contribution < 1.29 is 9.47 Å². The maximum Gasteiger partial charge on any atom is 0.144 e. The molecule has 0 bridgehead atoms. The van der Waals surface area contributed by atoms with Gasteiger partial charge in [0, 0.05) is 36.6 Å². The number of anilines is 3. The number of hydrogen-bond donors (Lipinski definition) is 2. The summed E-state index contributed by atoms with van der Waals surface area (Å²) in [5, 5.41) is 17.4. The number of halogens is 1. The molecule has 7 nitrogen and oxygen atoms in total. The van der Waals surface area contributed by atoms with Crippen molar-refractivity contribution >= 4 is 39.6 Å². The molecule has 2 aromatic carbocycles. The smallest absolute Gasteiger partial charge is 0.144 e. The molecule has 166 valence electrons. The minimum atomic E-state index is 0.315. The van der Waals surface area contributed by atoms with E-state index in [1.807, 2.05) is 50.4 Å². The van der Waals surface area contributed by atoms with Gasteiger partial charge in [0.25, 0.3) is 0 Å². The lowest BCUT2D eigenvalue weighted by atomic mass is 10.1. The van der Waals surface area contributed by atoms with Crippen LogP contribution in [0.2, 0.25) is 5.02 Å². The van der Waals surface area contributed by atoms with Gasteiger partial charge in [-0.1, -0.05) is 17.7 Å². The summed E-state index contributed by atoms with van der Waals surface area (Å²) in [6, 6.07) is 17.0. The van der Waals surface area contributed by atoms with Crippen molar-refractivity contribution in [3.63, 3.8) is 0 Å². The number of hydrogen-bond acceptors (Lipinski definition) is 7. The molecule has 0 aliphatic rings. The molecule has 0 aliphatic heterocycles. The molecule has 0 fully saturated rings. The number of nitriles is 1. The Morgan fingerprint density at radius 2 is 1.94 bits per heavy atom. The molecular formula is C25H22ClN5O2. The average molecular weight is 460 g/mol. The highest BCUT2D eigenvalue weighted by atomic mass is 35.5. The summed E-state index contributed by atoms with van der Waals surface area (Å²) in [5.74, 6) is 1.25. The van der Waals surface area contributed by atoms with Gasteiger partial charge in [-0.3, -0.25) is 9.97 Å². The number of ether oxygens (including phenoxy) is 2. The van der Waals surface area contributed by atoms with Crippen LogP contribution in [0.3, 0.4) is 0 Å². The van der Waals surface area contributed by atoms with E-state index in [-0.39, 0.29) is 0 Å². The molecular weight excluding hydrogens is 438 g/mol. The molecule has 0 saturated heterocycles. The second-order valence-corrected chi connectivity index (χ2v) is 7.49. The first kappa shape index (κ1) is 22.2. The number of aromatic nitrogens is 2. The molecule has 4 rings (SSSR count). The number of fused-ring (bicyclic) bond motifs is 1. The van der Waals surface area contributed by atoms with Crippen LogP contribution in [0.25, 0.3) is 10.9 Å². The molecule has 0 spiro atoms. The van der Waals surface area contributed by atoms with Crippen molar-refractivity contribution in [2.45, 2.75) is 13.5 Å². The first-order valence-electron chi connectivity index (χ1n) is 10.4. The second-order valence-electron chi connectivity index (χ2n) is 7.09. The van der Waals surface area contributed by atoms with Gasteiger partial charge in [-0.25, -0.2) is 0 Å². The minimum Gasteiger partial charge on any atom is -0.492 e. The standard InChI is InChI=1S/C25H22ClN5O2/c1-3-32-24-12-21-19(11-22(24)28-2)25(16(13-27)14-30-21)31-17-7-8-23(20(26)10-17)33-15-18-6-4-5-9-29-18/h4-12,14,28H,3,15H2,1-2H3,(H,30,31). The fraction of sp³-hybridized carbons (Fsp3) is 0.160. The maximum absolute atomic E-state index is 9.68. The van der Waals surface area contributed by atoms with E-state index in [1.54, 1.807) is 24.5 Å². The van der Waals surface area contributed by atoms with Crippen LogP contribution in [0.5, 0.6) is 11.5 Å². The van der Waals surface area contributed by atoms with E-state index < -0.39 is 0 Å². The third kappa shape index (κ3) is 4.92. The average Bonchev–Trinajstić information content (AvgIpc) is 2.84. The van der Waals surface area contributed by atoms with Gasteiger partial charge in [0.05, 0.1) is 39.8 Å². The number of pyridine rings is 2. The molecule has 33 heavy (non-hydrogen) atoms. The molecule has 2 heterocycles. The number of nitrogens with one attached hydrogen (secondary N) is 2. The molecule has 2 N–H and O–H groups in total. The third-order valence-corrected chi connectivity index (χ3v) is 5.26. The maximum atomic E-state index is 9.68. The minimum absolute atomic E-state index is 0.315. The summed E-state index contributed by atoms with van der Waals surface area (Å²) in [4.78, 5) is 8.68. The van der Waals surface area contributed by atoms with Crippen LogP contribution in [0.15, 0.2) is 60.9 Å². The van der Waals surface area contributed by atoms with Gasteiger partial charge in [0.2, 0.25) is 0 Å². The lowest BCUT2D eigenvalue weighted by molar-refractivity contribution is 0.301. The van der Waals surface area contributed by atoms with Gasteiger partial charge in [-0.15, -0.1) is 0 Å². The van der Waals surface area contributed by atoms with Crippen molar-refractivity contribution in [1.29, 1.82) is 5.26 Å². The molecule has 2 aromatic heterocycles. The van der Waals surface area contributed by atoms with Gasteiger partial charge in [-0.05, 0) is 43.3 Å². The molecule has 0 amide bonds. The first-order chi connectivity index (χ1) is 16.1. The largest absolute Gasteiger partial charge is 0.492 e. The Bertz CT molecular complexity index is 1320. The van der Waals surface area contributed by atoms with Gasteiger partial charge in [0.15, 0.2) is 0 Å². The lowest BCUT2D eigenvalue weighted by Gasteiger charge is -2.16. The van der Waals surface area contributed by atoms with Gasteiger partial charge >= 0.3 is 0 Å². The van der Waals surface area contributed by atoms with E-state index in [1.165, 1.54) is 0 Å². The van der Waals surface area contributed by atoms with Crippen LogP contribution in [0.1, 0.15) is 18.2 Å². The summed E-state index contributed by atoms with van der Waals surface area (Å²) in [5.41, 5.74) is 4.10. The quantitative estimate of drug-likeness (QED) is 0.338. The zero-order valence-corrected chi connectivity index (χ0v) is 19.0. The zero-order valence-electron chi connectivity index (χ0n) is 18.2. The van der Waals surface area contributed by atoms with Crippen molar-refractivity contribution in [1.82, 2.24) is 9.97 Å². The van der Waals surface area contributed by atoms with Crippen LogP contribution in [0.4, 0.5) is 17.1 Å². The summed E-state index contributed by atoms with van der Waals surface area (Å²) >= 11 is 6.47. The van der Waals surface area contributed by atoms with Crippen LogP contribution in [0, 0.1) is 11.3 Å². The van der Waals surface area contributed by atoms with Gasteiger partial charge in [-0.2, -0.15) is 5.26 Å². The summed E-state index contributed by atoms with van der Waals surface area (Å²) in [6.45, 7) is 2.78. The first-order valence-corrected chi connectivity index (χ1v) is 10.8. The van der Waals surface area contributed by atoms with Crippen molar-refractivity contribution in [2.75, 3.05) is 24.3 Å². The highest BCUT2D eigenvalue weighted by molar-refractivity contribution is 6.32. The molecule has 0 atom stereocenters. The highest BCUT2D eigenvalue weighted by Gasteiger charge is 2.14. The predicted molar refractivity (Wildman–Crippen MR) is 130 cm³/mol. The Morgan fingerprint density at radius 1 is 1.06 bits per heavy atom. The molecule has 0 unspecified atom stereocenters. The number of rotatable bonds is 8. The van der Waals surface area contributed by atoms with Crippen LogP contribution < -0.4 is 20.1 Å². The predicted octanol–water partition coefficient (Wildman–Crippen LogP) is 5.92. The SMILES string of the molecule is CCOc1cc2ncc(C#N)c(Nc3ccc(OCc4ccccn4)c(Cl)c3)c2cc1NC. The Morgan fingerprint density at radius 3 is 2.64 bits per heavy atom. The van der Waals surface area contributed by atoms with Gasteiger partial charge in [0.1, 0.15) is 24.2 Å². The Labute approximate surface area is 197 Å². The highest BCUT2D eigenvalue weighted by Crippen LogP contribution is 2.37. The number of nitrogens with zero attached hydrogens (tertiary/aromatic N) is 3. The van der Waals surface area contributed by atoms with E-state index in [4.69, 9.17) is 21.1 Å². The van der Waals surface area contributed by atoms with Crippen LogP contribution >= 0.6 is 11.6 Å². The number of benzene rings is 2. The second kappa shape index (κ2) is 10.1. The Balaban J connectivity index is 1.65. The van der Waals surface area contributed by atoms with E-state index >= 15 is 0 Å². The van der Waals surface area contributed by atoms with E-state index in [2.05, 4.69) is 26.7 Å². The van der Waals surface area contributed by atoms with Crippen LogP contribution in [-0.4, -0.2) is 23.6 Å². The van der Waals surface area contributed by atoms with Crippen molar-refractivity contribution in [3.05, 3.63) is 77.2 Å². The van der Waals surface area contributed by atoms with E-state index in [9.17, 15) is 5.26 Å². The summed E-state index contributed by atoms with van der Waals surface area (Å²) < 4.78 is 11.5. The lowest BCUT2D eigenvalue weighted by Crippen LogP contribution is -2.01. The Hall–Kier alpha value is -4.02. The van der Waals surface area contributed by atoms with E-state index in [0.29, 0.717) is 52.2 Å². The van der Waals surface area contributed by atoms with Crippen molar-refractivity contribution in [3.8, 4) is 17.6 Å². The van der Waals surface area contributed by atoms with Crippen LogP contribution in [-0.2, 0) is 6.61 Å². The monoisotopic (exact) mass is 459 g/mol. The topological polar surface area (TPSA) is 92.1 Å². The fourth-order valence-electron chi connectivity index (χ4n) is 3.38. The molecule has 8 heteroatoms. The molecule has 0 saturated carbocycles. The summed E-state index contributed by atoms with van der Waals surface area (Å²) in [7, 11) is 1.82. The third-order valence-electron chi connectivity index (χ3n) is 4.96. The van der Waals surface area contributed by atoms with Gasteiger partial charge < -0.3 is 20.1 Å². The molecule has 0 aliphatic carbocycles. The molecule has 0 radical (unpaired) electrons.